The minimum atomic E-state index is 0.145. The number of anilines is 1. The number of hydrogen-bond donors (Lipinski definition) is 1. The lowest BCUT2D eigenvalue weighted by atomic mass is 10.1. The summed E-state index contributed by atoms with van der Waals surface area (Å²) >= 11 is 1.58. The Kier molecular flexibility index (Phi) is 3.27. The smallest absolute Gasteiger partial charge is 0.229 e. The van der Waals surface area contributed by atoms with Gasteiger partial charge in [0.25, 0.3) is 0 Å². The molecule has 0 spiro atoms. The van der Waals surface area contributed by atoms with Gasteiger partial charge in [0, 0.05) is 5.92 Å². The average Bonchev–Trinajstić information content (AvgIpc) is 3.02. The quantitative estimate of drug-likeness (QED) is 0.898. The molecule has 1 fully saturated rings. The molecule has 0 bridgehead atoms. The zero-order valence-electron chi connectivity index (χ0n) is 11.3. The Labute approximate surface area is 117 Å². The number of carbonyl (C=O) groups is 1. The highest BCUT2D eigenvalue weighted by Gasteiger charge is 2.23. The van der Waals surface area contributed by atoms with E-state index < -0.39 is 0 Å². The van der Waals surface area contributed by atoms with Crippen molar-refractivity contribution < 1.29 is 4.79 Å². The summed E-state index contributed by atoms with van der Waals surface area (Å²) in [5, 5.41) is 3.74. The molecule has 1 amide bonds. The van der Waals surface area contributed by atoms with Gasteiger partial charge < -0.3 is 5.32 Å². The summed E-state index contributed by atoms with van der Waals surface area (Å²) in [7, 11) is 0. The number of amides is 1. The summed E-state index contributed by atoms with van der Waals surface area (Å²) in [6, 6.07) is 4.19. The Hall–Kier alpha value is -1.42. The van der Waals surface area contributed by atoms with Crippen LogP contribution in [0.5, 0.6) is 0 Å². The molecule has 1 aromatic carbocycles. The molecule has 0 radical (unpaired) electrons. The molecule has 2 aromatic rings. The van der Waals surface area contributed by atoms with Crippen LogP contribution in [-0.4, -0.2) is 10.9 Å². The first kappa shape index (κ1) is 12.6. The highest BCUT2D eigenvalue weighted by molar-refractivity contribution is 7.22. The summed E-state index contributed by atoms with van der Waals surface area (Å²) in [6.45, 7) is 4.15. The Bertz CT molecular complexity index is 587. The maximum Gasteiger partial charge on any atom is 0.229 e. The van der Waals surface area contributed by atoms with Crippen LogP contribution in [-0.2, 0) is 4.79 Å². The van der Waals surface area contributed by atoms with Gasteiger partial charge >= 0.3 is 0 Å². The first-order valence-corrected chi connectivity index (χ1v) is 7.64. The van der Waals surface area contributed by atoms with Crippen LogP contribution in [0.4, 0.5) is 5.13 Å². The maximum absolute atomic E-state index is 12.1. The zero-order valence-corrected chi connectivity index (χ0v) is 12.1. The van der Waals surface area contributed by atoms with Crippen LogP contribution in [0.15, 0.2) is 12.1 Å². The highest BCUT2D eigenvalue weighted by atomic mass is 32.1. The van der Waals surface area contributed by atoms with E-state index in [0.29, 0.717) is 0 Å². The minimum Gasteiger partial charge on any atom is -0.302 e. The molecule has 1 heterocycles. The van der Waals surface area contributed by atoms with Gasteiger partial charge in [0.15, 0.2) is 5.13 Å². The van der Waals surface area contributed by atoms with E-state index in [1.807, 2.05) is 0 Å². The lowest BCUT2D eigenvalue weighted by Crippen LogP contribution is -2.20. The number of benzene rings is 1. The summed E-state index contributed by atoms with van der Waals surface area (Å²) in [5.74, 6) is 0.334. The lowest BCUT2D eigenvalue weighted by molar-refractivity contribution is -0.119. The third-order valence-electron chi connectivity index (χ3n) is 3.90. The molecular weight excluding hydrogens is 256 g/mol. The summed E-state index contributed by atoms with van der Waals surface area (Å²) < 4.78 is 1.18. The van der Waals surface area contributed by atoms with Crippen molar-refractivity contribution in [3.8, 4) is 0 Å². The van der Waals surface area contributed by atoms with Gasteiger partial charge in [0.1, 0.15) is 0 Å². The largest absolute Gasteiger partial charge is 0.302 e. The second kappa shape index (κ2) is 4.93. The van der Waals surface area contributed by atoms with Crippen molar-refractivity contribution in [1.82, 2.24) is 4.98 Å². The fraction of sp³-hybridized carbons (Fsp3) is 0.467. The number of rotatable bonds is 2. The molecular formula is C15H18N2OS. The third-order valence-corrected chi connectivity index (χ3v) is 5.00. The third kappa shape index (κ3) is 2.37. The molecule has 19 heavy (non-hydrogen) atoms. The summed E-state index contributed by atoms with van der Waals surface area (Å²) in [6.07, 6.45) is 4.40. The van der Waals surface area contributed by atoms with Gasteiger partial charge in [0.2, 0.25) is 5.91 Å². The topological polar surface area (TPSA) is 42.0 Å². The molecule has 1 aromatic heterocycles. The van der Waals surface area contributed by atoms with Crippen molar-refractivity contribution in [2.45, 2.75) is 39.5 Å². The zero-order chi connectivity index (χ0) is 13.4. The number of carbonyl (C=O) groups excluding carboxylic acids is 1. The first-order chi connectivity index (χ1) is 9.15. The molecule has 4 heteroatoms. The number of nitrogens with one attached hydrogen (secondary N) is 1. The van der Waals surface area contributed by atoms with Crippen molar-refractivity contribution >= 4 is 32.6 Å². The van der Waals surface area contributed by atoms with Gasteiger partial charge in [-0.25, -0.2) is 4.98 Å². The molecule has 100 valence electrons. The summed E-state index contributed by atoms with van der Waals surface area (Å²) in [4.78, 5) is 16.7. The van der Waals surface area contributed by atoms with Crippen molar-refractivity contribution in [2.24, 2.45) is 5.92 Å². The lowest BCUT2D eigenvalue weighted by Gasteiger charge is -2.07. The fourth-order valence-corrected chi connectivity index (χ4v) is 3.72. The first-order valence-electron chi connectivity index (χ1n) is 6.83. The molecule has 1 N–H and O–H groups in total. The Morgan fingerprint density at radius 1 is 1.26 bits per heavy atom. The van der Waals surface area contributed by atoms with Crippen molar-refractivity contribution in [1.29, 1.82) is 0 Å². The highest BCUT2D eigenvalue weighted by Crippen LogP contribution is 2.32. The monoisotopic (exact) mass is 274 g/mol. The van der Waals surface area contributed by atoms with E-state index in [1.54, 1.807) is 11.3 Å². The van der Waals surface area contributed by atoms with Crippen LogP contribution in [0.3, 0.4) is 0 Å². The Balaban J connectivity index is 1.87. The van der Waals surface area contributed by atoms with E-state index in [0.717, 1.165) is 23.5 Å². The number of fused-ring (bicyclic) bond motifs is 1. The minimum absolute atomic E-state index is 0.145. The predicted octanol–water partition coefficient (Wildman–Crippen LogP) is 4.04. The molecule has 1 aliphatic rings. The van der Waals surface area contributed by atoms with Crippen molar-refractivity contribution in [3.05, 3.63) is 23.3 Å². The molecule has 0 aliphatic heterocycles. The molecule has 3 nitrogen and oxygen atoms in total. The van der Waals surface area contributed by atoms with Gasteiger partial charge in [-0.1, -0.05) is 36.3 Å². The Morgan fingerprint density at radius 3 is 2.63 bits per heavy atom. The van der Waals surface area contributed by atoms with Crippen LogP contribution in [0.2, 0.25) is 0 Å². The van der Waals surface area contributed by atoms with Crippen LogP contribution in [0.25, 0.3) is 10.2 Å². The number of aryl methyl sites for hydroxylation is 2. The van der Waals surface area contributed by atoms with E-state index >= 15 is 0 Å². The van der Waals surface area contributed by atoms with E-state index in [1.165, 1.54) is 28.7 Å². The SMILES string of the molecule is Cc1ccc(C)c2sc(NC(=O)C3CCCC3)nc12. The summed E-state index contributed by atoms with van der Waals surface area (Å²) in [5.41, 5.74) is 3.41. The maximum atomic E-state index is 12.1. The molecule has 0 saturated heterocycles. The standard InChI is InChI=1S/C15H18N2OS/c1-9-7-8-10(2)13-12(9)16-15(19-13)17-14(18)11-5-3-4-6-11/h7-8,11H,3-6H2,1-2H3,(H,16,17,18). The second-order valence-corrected chi connectivity index (χ2v) is 6.37. The van der Waals surface area contributed by atoms with Crippen LogP contribution in [0, 0.1) is 19.8 Å². The van der Waals surface area contributed by atoms with Crippen LogP contribution < -0.4 is 5.32 Å². The van der Waals surface area contributed by atoms with Crippen LogP contribution >= 0.6 is 11.3 Å². The molecule has 1 aliphatic carbocycles. The number of hydrogen-bond acceptors (Lipinski definition) is 3. The molecule has 0 unspecified atom stereocenters. The molecule has 1 saturated carbocycles. The van der Waals surface area contributed by atoms with Crippen molar-refractivity contribution in [2.75, 3.05) is 5.32 Å². The van der Waals surface area contributed by atoms with Gasteiger partial charge in [0.05, 0.1) is 10.2 Å². The predicted molar refractivity (Wildman–Crippen MR) is 79.7 cm³/mol. The average molecular weight is 274 g/mol. The number of nitrogens with zero attached hydrogens (tertiary/aromatic N) is 1. The van der Waals surface area contributed by atoms with Gasteiger partial charge in [-0.3, -0.25) is 4.79 Å². The number of aromatic nitrogens is 1. The van der Waals surface area contributed by atoms with Crippen LogP contribution in [0.1, 0.15) is 36.8 Å². The van der Waals surface area contributed by atoms with E-state index in [4.69, 9.17) is 0 Å². The van der Waals surface area contributed by atoms with Gasteiger partial charge in [-0.2, -0.15) is 0 Å². The van der Waals surface area contributed by atoms with E-state index in [9.17, 15) is 4.79 Å². The normalized spacial score (nSPS) is 16.1. The fourth-order valence-electron chi connectivity index (χ4n) is 2.71. The van der Waals surface area contributed by atoms with Crippen molar-refractivity contribution in [3.63, 3.8) is 0 Å². The van der Waals surface area contributed by atoms with Gasteiger partial charge in [-0.05, 0) is 37.8 Å². The Morgan fingerprint density at radius 2 is 1.95 bits per heavy atom. The number of thiazole rings is 1. The van der Waals surface area contributed by atoms with E-state index in [-0.39, 0.29) is 11.8 Å². The van der Waals surface area contributed by atoms with Gasteiger partial charge in [-0.15, -0.1) is 0 Å². The molecule has 0 atom stereocenters. The second-order valence-electron chi connectivity index (χ2n) is 5.37. The molecule has 3 rings (SSSR count). The van der Waals surface area contributed by atoms with E-state index in [2.05, 4.69) is 36.3 Å².